The lowest BCUT2D eigenvalue weighted by Gasteiger charge is -2.18. The van der Waals surface area contributed by atoms with Gasteiger partial charge in [0.2, 0.25) is 0 Å². The quantitative estimate of drug-likeness (QED) is 0.940. The number of nitrogens with one attached hydrogen (secondary N) is 1. The van der Waals surface area contributed by atoms with Gasteiger partial charge in [-0.15, -0.1) is 0 Å². The normalized spacial score (nSPS) is 17.1. The number of ether oxygens (including phenoxy) is 1. The molecule has 1 atom stereocenters. The first-order valence-corrected chi connectivity index (χ1v) is 7.48. The highest BCUT2D eigenvalue weighted by Crippen LogP contribution is 2.21. The Balaban J connectivity index is 1.63. The maximum atomic E-state index is 13.8. The second-order valence-electron chi connectivity index (χ2n) is 5.45. The first kappa shape index (κ1) is 15.3. The summed E-state index contributed by atoms with van der Waals surface area (Å²) in [6.45, 7) is 1.21. The number of anilines is 1. The van der Waals surface area contributed by atoms with Crippen LogP contribution in [0.5, 0.6) is 5.75 Å². The van der Waals surface area contributed by atoms with Crippen molar-refractivity contribution in [2.45, 2.75) is 12.5 Å². The Bertz CT molecular complexity index is 708. The van der Waals surface area contributed by atoms with Gasteiger partial charge in [-0.1, -0.05) is 6.07 Å². The molecule has 1 aromatic heterocycles. The second kappa shape index (κ2) is 6.64. The molecular weight excluding hydrogens is 297 g/mol. The number of hydrogen-bond donors (Lipinski definition) is 1. The molecule has 5 nitrogen and oxygen atoms in total. The van der Waals surface area contributed by atoms with Crippen molar-refractivity contribution in [3.05, 3.63) is 54.0 Å². The van der Waals surface area contributed by atoms with Crippen LogP contribution in [0, 0.1) is 5.82 Å². The molecule has 1 fully saturated rings. The van der Waals surface area contributed by atoms with Crippen LogP contribution in [0.2, 0.25) is 0 Å². The van der Waals surface area contributed by atoms with Crippen molar-refractivity contribution >= 4 is 11.7 Å². The Kier molecular flexibility index (Phi) is 4.41. The summed E-state index contributed by atoms with van der Waals surface area (Å²) in [5.74, 6) is 0.483. The number of amides is 1. The molecule has 120 valence electrons. The summed E-state index contributed by atoms with van der Waals surface area (Å²) in [6.07, 6.45) is 2.33. The fraction of sp³-hybridized carbons (Fsp3) is 0.294. The summed E-state index contributed by atoms with van der Waals surface area (Å²) < 4.78 is 18.9. The van der Waals surface area contributed by atoms with Gasteiger partial charge in [0.1, 0.15) is 5.75 Å². The van der Waals surface area contributed by atoms with Gasteiger partial charge in [0.25, 0.3) is 5.91 Å². The lowest BCUT2D eigenvalue weighted by Crippen LogP contribution is -2.37. The van der Waals surface area contributed by atoms with E-state index in [4.69, 9.17) is 4.74 Å². The molecule has 0 saturated carbocycles. The van der Waals surface area contributed by atoms with Crippen LogP contribution in [-0.2, 0) is 0 Å². The van der Waals surface area contributed by atoms with Gasteiger partial charge in [-0.05, 0) is 36.8 Å². The number of carbonyl (C=O) groups excluding carboxylic acids is 1. The Morgan fingerprint density at radius 2 is 2.26 bits per heavy atom. The first-order valence-electron chi connectivity index (χ1n) is 7.48. The predicted octanol–water partition coefficient (Wildman–Crippen LogP) is 2.24. The van der Waals surface area contributed by atoms with Gasteiger partial charge < -0.3 is 15.0 Å². The fourth-order valence-electron chi connectivity index (χ4n) is 2.71. The Morgan fingerprint density at radius 1 is 1.39 bits per heavy atom. The number of nitrogens with zero attached hydrogens (tertiary/aromatic N) is 2. The van der Waals surface area contributed by atoms with Gasteiger partial charge in [-0.2, -0.15) is 0 Å². The number of aromatic nitrogens is 1. The number of pyridine rings is 1. The van der Waals surface area contributed by atoms with Crippen molar-refractivity contribution < 1.29 is 13.9 Å². The van der Waals surface area contributed by atoms with Gasteiger partial charge in [0, 0.05) is 30.9 Å². The van der Waals surface area contributed by atoms with E-state index >= 15 is 0 Å². The topological polar surface area (TPSA) is 54.5 Å². The van der Waals surface area contributed by atoms with Crippen molar-refractivity contribution in [2.24, 2.45) is 0 Å². The molecule has 2 heterocycles. The fourth-order valence-corrected chi connectivity index (χ4v) is 2.71. The summed E-state index contributed by atoms with van der Waals surface area (Å²) >= 11 is 0. The highest BCUT2D eigenvalue weighted by atomic mass is 19.1. The highest BCUT2D eigenvalue weighted by Gasteiger charge is 2.26. The standard InChI is InChI=1S/C17H18FN3O2/c1-23-14-5-2-4-12(10-14)17(22)20-13-7-9-21(11-13)16-15(18)6-3-8-19-16/h2-6,8,10,13H,7,9,11H2,1H3,(H,20,22). The number of benzene rings is 1. The third-order valence-electron chi connectivity index (χ3n) is 3.89. The number of rotatable bonds is 4. The Labute approximate surface area is 134 Å². The van der Waals surface area contributed by atoms with E-state index in [9.17, 15) is 9.18 Å². The summed E-state index contributed by atoms with van der Waals surface area (Å²) in [7, 11) is 1.56. The van der Waals surface area contributed by atoms with Crippen LogP contribution in [0.25, 0.3) is 0 Å². The third kappa shape index (κ3) is 3.41. The van der Waals surface area contributed by atoms with E-state index in [1.54, 1.807) is 43.6 Å². The van der Waals surface area contributed by atoms with Crippen LogP contribution in [0.15, 0.2) is 42.6 Å². The van der Waals surface area contributed by atoms with Gasteiger partial charge >= 0.3 is 0 Å². The molecule has 23 heavy (non-hydrogen) atoms. The van der Waals surface area contributed by atoms with Crippen LogP contribution in [-0.4, -0.2) is 37.1 Å². The van der Waals surface area contributed by atoms with Crippen molar-refractivity contribution in [3.63, 3.8) is 0 Å². The van der Waals surface area contributed by atoms with Gasteiger partial charge in [-0.3, -0.25) is 4.79 Å². The van der Waals surface area contributed by atoms with Crippen LogP contribution >= 0.6 is 0 Å². The van der Waals surface area contributed by atoms with E-state index in [0.29, 0.717) is 30.2 Å². The molecule has 1 unspecified atom stereocenters. The highest BCUT2D eigenvalue weighted by molar-refractivity contribution is 5.94. The molecule has 0 radical (unpaired) electrons. The number of halogens is 1. The molecule has 3 rings (SSSR count). The van der Waals surface area contributed by atoms with Crippen LogP contribution in [0.1, 0.15) is 16.8 Å². The molecule has 0 aliphatic carbocycles. The average molecular weight is 315 g/mol. The van der Waals surface area contributed by atoms with E-state index in [-0.39, 0.29) is 17.8 Å². The maximum Gasteiger partial charge on any atom is 0.251 e. The SMILES string of the molecule is COc1cccc(C(=O)NC2CCN(c3ncccc3F)C2)c1. The van der Waals surface area contributed by atoms with Crippen molar-refractivity contribution in [3.8, 4) is 5.75 Å². The van der Waals surface area contributed by atoms with Crippen LogP contribution < -0.4 is 15.0 Å². The lowest BCUT2D eigenvalue weighted by atomic mass is 10.2. The van der Waals surface area contributed by atoms with Gasteiger partial charge in [0.05, 0.1) is 7.11 Å². The minimum Gasteiger partial charge on any atom is -0.497 e. The van der Waals surface area contributed by atoms with E-state index in [1.807, 2.05) is 4.90 Å². The molecule has 1 aliphatic rings. The van der Waals surface area contributed by atoms with E-state index < -0.39 is 0 Å². The minimum absolute atomic E-state index is 0.0323. The van der Waals surface area contributed by atoms with Gasteiger partial charge in [-0.25, -0.2) is 9.37 Å². The molecule has 6 heteroatoms. The smallest absolute Gasteiger partial charge is 0.251 e. The third-order valence-corrected chi connectivity index (χ3v) is 3.89. The minimum atomic E-state index is -0.340. The zero-order valence-corrected chi connectivity index (χ0v) is 12.8. The summed E-state index contributed by atoms with van der Waals surface area (Å²) in [6, 6.07) is 9.93. The first-order chi connectivity index (χ1) is 11.2. The van der Waals surface area contributed by atoms with Crippen LogP contribution in [0.4, 0.5) is 10.2 Å². The zero-order chi connectivity index (χ0) is 16.2. The van der Waals surface area contributed by atoms with E-state index in [2.05, 4.69) is 10.3 Å². The second-order valence-corrected chi connectivity index (χ2v) is 5.45. The molecule has 1 aliphatic heterocycles. The van der Waals surface area contributed by atoms with Crippen molar-refractivity contribution in [1.82, 2.24) is 10.3 Å². The molecular formula is C17H18FN3O2. The Hall–Kier alpha value is -2.63. The zero-order valence-electron chi connectivity index (χ0n) is 12.8. The number of carbonyl (C=O) groups is 1. The van der Waals surface area contributed by atoms with Crippen molar-refractivity contribution in [2.75, 3.05) is 25.1 Å². The predicted molar refractivity (Wildman–Crippen MR) is 85.3 cm³/mol. The number of methoxy groups -OCH3 is 1. The molecule has 0 spiro atoms. The maximum absolute atomic E-state index is 13.8. The Morgan fingerprint density at radius 3 is 3.04 bits per heavy atom. The van der Waals surface area contributed by atoms with Crippen molar-refractivity contribution in [1.29, 1.82) is 0 Å². The van der Waals surface area contributed by atoms with E-state index in [0.717, 1.165) is 6.42 Å². The lowest BCUT2D eigenvalue weighted by molar-refractivity contribution is 0.0940. The van der Waals surface area contributed by atoms with E-state index in [1.165, 1.54) is 6.07 Å². The molecule has 1 saturated heterocycles. The molecule has 1 amide bonds. The summed E-state index contributed by atoms with van der Waals surface area (Å²) in [5.41, 5.74) is 0.548. The molecule has 2 aromatic rings. The van der Waals surface area contributed by atoms with Gasteiger partial charge in [0.15, 0.2) is 11.6 Å². The molecule has 1 aromatic carbocycles. The van der Waals surface area contributed by atoms with Crippen LogP contribution in [0.3, 0.4) is 0 Å². The summed E-state index contributed by atoms with van der Waals surface area (Å²) in [5, 5.41) is 2.98. The average Bonchev–Trinajstić information content (AvgIpc) is 3.03. The molecule has 1 N–H and O–H groups in total. The molecule has 0 bridgehead atoms. The largest absolute Gasteiger partial charge is 0.497 e. The monoisotopic (exact) mass is 315 g/mol. The number of hydrogen-bond acceptors (Lipinski definition) is 4. The summed E-state index contributed by atoms with van der Waals surface area (Å²) in [4.78, 5) is 18.2.